The van der Waals surface area contributed by atoms with E-state index in [9.17, 15) is 0 Å². The van der Waals surface area contributed by atoms with Crippen LogP contribution in [-0.4, -0.2) is 30.7 Å². The molecule has 1 saturated heterocycles. The number of rotatable bonds is 5. The van der Waals surface area contributed by atoms with E-state index in [0.717, 1.165) is 35.6 Å². The number of aryl methyl sites for hydroxylation is 1. The quantitative estimate of drug-likeness (QED) is 0.885. The van der Waals surface area contributed by atoms with Crippen molar-refractivity contribution < 1.29 is 0 Å². The van der Waals surface area contributed by atoms with Crippen molar-refractivity contribution in [3.8, 4) is 0 Å². The van der Waals surface area contributed by atoms with Gasteiger partial charge in [0.1, 0.15) is 5.82 Å². The maximum absolute atomic E-state index is 4.74. The van der Waals surface area contributed by atoms with Gasteiger partial charge in [0.05, 0.1) is 5.69 Å². The summed E-state index contributed by atoms with van der Waals surface area (Å²) in [4.78, 5) is 7.22. The number of nitrogens with zero attached hydrogens (tertiary/aromatic N) is 2. The van der Waals surface area contributed by atoms with E-state index in [0.29, 0.717) is 12.0 Å². The summed E-state index contributed by atoms with van der Waals surface area (Å²) < 4.78 is 1.09. The predicted octanol–water partition coefficient (Wildman–Crippen LogP) is 3.76. The molecular formula is C16H26BrN3. The van der Waals surface area contributed by atoms with Crippen molar-refractivity contribution in [2.75, 3.05) is 24.5 Å². The maximum Gasteiger partial charge on any atom is 0.129 e. The van der Waals surface area contributed by atoms with Crippen LogP contribution >= 0.6 is 15.9 Å². The van der Waals surface area contributed by atoms with Crippen molar-refractivity contribution in [1.82, 2.24) is 10.3 Å². The predicted molar refractivity (Wildman–Crippen MR) is 89.4 cm³/mol. The third-order valence-corrected chi connectivity index (χ3v) is 4.70. The van der Waals surface area contributed by atoms with Crippen LogP contribution in [0.2, 0.25) is 0 Å². The van der Waals surface area contributed by atoms with E-state index < -0.39 is 0 Å². The Hall–Kier alpha value is -0.610. The highest BCUT2D eigenvalue weighted by Crippen LogP contribution is 2.25. The normalized spacial score (nSPS) is 19.6. The van der Waals surface area contributed by atoms with Crippen LogP contribution in [0.4, 0.5) is 5.82 Å². The minimum absolute atomic E-state index is 0.579. The fourth-order valence-corrected chi connectivity index (χ4v) is 2.96. The van der Waals surface area contributed by atoms with Gasteiger partial charge in [-0.1, -0.05) is 13.8 Å². The average Bonchev–Trinajstić information content (AvgIpc) is 2.42. The molecule has 0 bridgehead atoms. The van der Waals surface area contributed by atoms with Gasteiger partial charge >= 0.3 is 0 Å². The summed E-state index contributed by atoms with van der Waals surface area (Å²) in [6, 6.07) is 4.83. The topological polar surface area (TPSA) is 28.2 Å². The van der Waals surface area contributed by atoms with Crippen molar-refractivity contribution in [1.29, 1.82) is 0 Å². The van der Waals surface area contributed by atoms with E-state index in [1.165, 1.54) is 19.3 Å². The Morgan fingerprint density at radius 3 is 2.90 bits per heavy atom. The molecule has 0 saturated carbocycles. The summed E-state index contributed by atoms with van der Waals surface area (Å²) in [7, 11) is 0. The Morgan fingerprint density at radius 1 is 1.40 bits per heavy atom. The lowest BCUT2D eigenvalue weighted by Gasteiger charge is -2.37. The molecule has 2 heterocycles. The van der Waals surface area contributed by atoms with Crippen molar-refractivity contribution in [2.24, 2.45) is 5.92 Å². The lowest BCUT2D eigenvalue weighted by molar-refractivity contribution is 0.420. The monoisotopic (exact) mass is 339 g/mol. The van der Waals surface area contributed by atoms with E-state index in [1.807, 2.05) is 0 Å². The van der Waals surface area contributed by atoms with Crippen LogP contribution in [0.3, 0.4) is 0 Å². The fourth-order valence-electron chi connectivity index (χ4n) is 2.74. The molecule has 4 heteroatoms. The highest BCUT2D eigenvalue weighted by Gasteiger charge is 2.23. The Morgan fingerprint density at radius 2 is 2.20 bits per heavy atom. The number of nitrogens with one attached hydrogen (secondary N) is 1. The van der Waals surface area contributed by atoms with Crippen molar-refractivity contribution in [2.45, 2.75) is 46.1 Å². The molecule has 1 unspecified atom stereocenters. The molecule has 1 atom stereocenters. The summed E-state index contributed by atoms with van der Waals surface area (Å²) >= 11 is 3.53. The van der Waals surface area contributed by atoms with Crippen LogP contribution in [0.1, 0.15) is 38.8 Å². The third-order valence-electron chi connectivity index (χ3n) is 3.86. The lowest BCUT2D eigenvalue weighted by Crippen LogP contribution is -2.46. The molecule has 1 N–H and O–H groups in total. The molecule has 1 aliphatic heterocycles. The van der Waals surface area contributed by atoms with E-state index in [2.05, 4.69) is 59.1 Å². The van der Waals surface area contributed by atoms with Crippen molar-refractivity contribution in [3.05, 3.63) is 22.3 Å². The first-order valence-electron chi connectivity index (χ1n) is 7.68. The van der Waals surface area contributed by atoms with E-state index >= 15 is 0 Å². The molecule has 0 amide bonds. The summed E-state index contributed by atoms with van der Waals surface area (Å²) in [6.45, 7) is 9.86. The molecular weight excluding hydrogens is 314 g/mol. The number of halogens is 1. The van der Waals surface area contributed by atoms with Gasteiger partial charge in [-0.15, -0.1) is 0 Å². The molecule has 0 spiro atoms. The number of anilines is 1. The average molecular weight is 340 g/mol. The first kappa shape index (κ1) is 15.8. The zero-order chi connectivity index (χ0) is 14.5. The van der Waals surface area contributed by atoms with Gasteiger partial charge in [-0.3, -0.25) is 0 Å². The van der Waals surface area contributed by atoms with Gasteiger partial charge in [0.2, 0.25) is 0 Å². The van der Waals surface area contributed by atoms with Crippen molar-refractivity contribution in [3.63, 3.8) is 0 Å². The lowest BCUT2D eigenvalue weighted by atomic mass is 10.0. The Balaban J connectivity index is 2.03. The second kappa shape index (κ2) is 7.41. The van der Waals surface area contributed by atoms with E-state index in [4.69, 9.17) is 4.98 Å². The van der Waals surface area contributed by atoms with Crippen molar-refractivity contribution >= 4 is 21.7 Å². The smallest absolute Gasteiger partial charge is 0.129 e. The minimum Gasteiger partial charge on any atom is -0.352 e. The molecule has 1 aromatic rings. The Labute approximate surface area is 131 Å². The molecule has 112 valence electrons. The molecule has 3 nitrogen and oxygen atoms in total. The molecule has 1 fully saturated rings. The third kappa shape index (κ3) is 4.19. The summed E-state index contributed by atoms with van der Waals surface area (Å²) in [5.41, 5.74) is 1.07. The highest BCUT2D eigenvalue weighted by atomic mass is 79.9. The first-order chi connectivity index (χ1) is 9.58. The zero-order valence-corrected chi connectivity index (χ0v) is 14.4. The van der Waals surface area contributed by atoms with Crippen LogP contribution in [-0.2, 0) is 0 Å². The molecule has 0 radical (unpaired) electrons. The Bertz CT molecular complexity index is 434. The second-order valence-electron chi connectivity index (χ2n) is 6.13. The molecule has 1 aromatic heterocycles. The highest BCUT2D eigenvalue weighted by molar-refractivity contribution is 9.10. The van der Waals surface area contributed by atoms with Gasteiger partial charge in [-0.05, 0) is 66.7 Å². The van der Waals surface area contributed by atoms with Crippen LogP contribution in [0.5, 0.6) is 0 Å². The number of hydrogen-bond acceptors (Lipinski definition) is 3. The number of hydrogen-bond donors (Lipinski definition) is 1. The minimum atomic E-state index is 0.579. The number of pyridine rings is 1. The first-order valence-corrected chi connectivity index (χ1v) is 8.47. The molecule has 0 aliphatic carbocycles. The molecule has 20 heavy (non-hydrogen) atoms. The van der Waals surface area contributed by atoms with Crippen LogP contribution < -0.4 is 10.2 Å². The zero-order valence-electron chi connectivity index (χ0n) is 12.8. The Kier molecular flexibility index (Phi) is 5.85. The largest absolute Gasteiger partial charge is 0.352 e. The molecule has 1 aliphatic rings. The summed E-state index contributed by atoms with van der Waals surface area (Å²) in [5, 5.41) is 3.60. The maximum atomic E-state index is 4.74. The summed E-state index contributed by atoms with van der Waals surface area (Å²) in [5.74, 6) is 1.84. The molecule has 2 rings (SSSR count). The van der Waals surface area contributed by atoms with Gasteiger partial charge in [0.15, 0.2) is 0 Å². The fraction of sp³-hybridized carbons (Fsp3) is 0.688. The molecule has 0 aromatic carbocycles. The SMILES string of the molecule is Cc1nc(N2CCCCC2CNCC(C)C)ccc1Br. The second-order valence-corrected chi connectivity index (χ2v) is 6.99. The van der Waals surface area contributed by atoms with Crippen LogP contribution in [0, 0.1) is 12.8 Å². The van der Waals surface area contributed by atoms with Gasteiger partial charge in [0, 0.05) is 23.6 Å². The van der Waals surface area contributed by atoms with Gasteiger partial charge < -0.3 is 10.2 Å². The standard InChI is InChI=1S/C16H26BrN3/c1-12(2)10-18-11-14-6-4-5-9-20(14)16-8-7-15(17)13(3)19-16/h7-8,12,14,18H,4-6,9-11H2,1-3H3. The van der Waals surface area contributed by atoms with E-state index in [-0.39, 0.29) is 0 Å². The summed E-state index contributed by atoms with van der Waals surface area (Å²) in [6.07, 6.45) is 3.87. The van der Waals surface area contributed by atoms with Gasteiger partial charge in [-0.25, -0.2) is 4.98 Å². The number of aromatic nitrogens is 1. The van der Waals surface area contributed by atoms with Gasteiger partial charge in [-0.2, -0.15) is 0 Å². The number of piperidine rings is 1. The van der Waals surface area contributed by atoms with Crippen LogP contribution in [0.15, 0.2) is 16.6 Å². The van der Waals surface area contributed by atoms with Gasteiger partial charge in [0.25, 0.3) is 0 Å². The van der Waals surface area contributed by atoms with Crippen LogP contribution in [0.25, 0.3) is 0 Å². The van der Waals surface area contributed by atoms with E-state index in [1.54, 1.807) is 0 Å².